The van der Waals surface area contributed by atoms with Crippen LogP contribution in [0, 0.1) is 0 Å². The van der Waals surface area contributed by atoms with Gasteiger partial charge in [0.25, 0.3) is 0 Å². The van der Waals surface area contributed by atoms with Crippen molar-refractivity contribution in [1.29, 1.82) is 0 Å². The van der Waals surface area contributed by atoms with Crippen LogP contribution in [0.1, 0.15) is 19.8 Å². The van der Waals surface area contributed by atoms with Crippen LogP contribution in [0.25, 0.3) is 132 Å². The molecule has 0 spiro atoms. The number of nitrogens with zero attached hydrogens (tertiary/aromatic N) is 7. The van der Waals surface area contributed by atoms with Crippen LogP contribution >= 0.6 is 12.0 Å². The van der Waals surface area contributed by atoms with Gasteiger partial charge in [-0.1, -0.05) is 200 Å². The zero-order valence-corrected chi connectivity index (χ0v) is 56.2. The molecule has 0 unspecified atom stereocenters. The van der Waals surface area contributed by atoms with E-state index < -0.39 is 10.0 Å². The molecule has 6 aromatic heterocycles. The van der Waals surface area contributed by atoms with Crippen LogP contribution in [0.15, 0.2) is 290 Å². The second-order valence-corrected chi connectivity index (χ2v) is 25.1. The number of benzene rings is 9. The number of aromatic nitrogens is 6. The first kappa shape index (κ1) is 66.2. The topological polar surface area (TPSA) is 152 Å². The van der Waals surface area contributed by atoms with Gasteiger partial charge < -0.3 is 4.74 Å². The second-order valence-electron chi connectivity index (χ2n) is 22.4. The van der Waals surface area contributed by atoms with Crippen molar-refractivity contribution in [3.05, 3.63) is 280 Å². The van der Waals surface area contributed by atoms with Crippen molar-refractivity contribution in [1.82, 2.24) is 34.2 Å². The third-order valence-electron chi connectivity index (χ3n) is 16.7. The minimum absolute atomic E-state index is 0. The van der Waals surface area contributed by atoms with Gasteiger partial charge in [-0.15, -0.1) is 4.33 Å². The normalized spacial score (nSPS) is 11.4. The van der Waals surface area contributed by atoms with Crippen LogP contribution in [0.4, 0.5) is 0 Å². The van der Waals surface area contributed by atoms with Crippen LogP contribution in [-0.2, 0) is 48.5 Å². The molecule has 9 aromatic carbocycles. The van der Waals surface area contributed by atoms with Crippen LogP contribution in [0.2, 0.25) is 0 Å². The Balaban J connectivity index is 0.000000144. The molecular weight excluding hydrogens is 1320 g/mol. The van der Waals surface area contributed by atoms with E-state index in [-0.39, 0.29) is 24.4 Å². The number of methoxy groups -OCH3 is 1. The summed E-state index contributed by atoms with van der Waals surface area (Å²) in [6.07, 6.45) is 12.8. The largest absolute Gasteiger partial charge is 0.383 e. The standard InChI is InChI=1S/C32H33N3O6S2.2C24H16N2.Ru/c1-4-5-20-35(21-22-38-2)43(36,37)26-12-8-24(9-13-26)28-17-19-34-32-30(28)15-14-29-27(16-18-33-31(29)32)23-6-10-25(11-7-23)42-41-40-39-3;2*1-3-7-17(8-4-1)19-13-15-25-23-21(19)11-12-22-20(14-16-26-24(22)23)18-9-5-2-6-10-18;/h6-19H,4-5,20-22H2,1-3H3;2*1-16H;. The van der Waals surface area contributed by atoms with E-state index in [4.69, 9.17) is 19.0 Å². The Morgan fingerprint density at radius 2 is 0.656 bits per heavy atom. The summed E-state index contributed by atoms with van der Waals surface area (Å²) in [5.74, 6) is 0. The first-order valence-electron chi connectivity index (χ1n) is 31.3. The van der Waals surface area contributed by atoms with Gasteiger partial charge in [-0.2, -0.15) is 4.31 Å². The number of fused-ring (bicyclic) bond motifs is 9. The number of hydrogen-bond acceptors (Lipinski definition) is 13. The van der Waals surface area contributed by atoms with E-state index in [1.165, 1.54) is 55.9 Å². The molecule has 0 aliphatic heterocycles. The average Bonchev–Trinajstić information content (AvgIpc) is 0.772. The molecule has 476 valence electrons. The van der Waals surface area contributed by atoms with Crippen LogP contribution in [-0.4, -0.2) is 76.5 Å². The van der Waals surface area contributed by atoms with Crippen LogP contribution < -0.4 is 0 Å². The van der Waals surface area contributed by atoms with E-state index >= 15 is 0 Å². The molecule has 0 aliphatic carbocycles. The molecule has 16 heteroatoms. The molecule has 0 atom stereocenters. The van der Waals surface area contributed by atoms with Gasteiger partial charge in [-0.05, 0) is 134 Å². The molecule has 13 nitrogen and oxygen atoms in total. The number of rotatable bonds is 18. The Morgan fingerprint density at radius 1 is 0.365 bits per heavy atom. The van der Waals surface area contributed by atoms with E-state index in [9.17, 15) is 8.42 Å². The summed E-state index contributed by atoms with van der Waals surface area (Å²) in [6, 6.07) is 81.7. The first-order chi connectivity index (χ1) is 46.8. The Bertz CT molecular complexity index is 4860. The number of ether oxygens (including phenoxy) is 1. The molecular formula is C80H65N7O6RuS2. The molecule has 0 fully saturated rings. The summed E-state index contributed by atoms with van der Waals surface area (Å²) in [5.41, 5.74) is 18.8. The van der Waals surface area contributed by atoms with Crippen LogP contribution in [0.5, 0.6) is 0 Å². The van der Waals surface area contributed by atoms with Crippen molar-refractivity contribution in [2.45, 2.75) is 29.6 Å². The SMILES string of the molecule is CCCCN(CCOC)S(=O)(=O)c1ccc(-c2ccnc3c2ccc2c(-c4ccc(SOOOC)cc4)ccnc23)cc1.[Ru].c1ccc(-c2ccnc3c2ccc2c(-c4ccccc4)ccnc23)cc1.c1ccc(-c2ccnc3c2ccc2c(-c4ccccc4)ccnc23)cc1. The number of sulfonamides is 1. The van der Waals surface area contributed by atoms with Crippen molar-refractivity contribution in [3.8, 4) is 66.8 Å². The van der Waals surface area contributed by atoms with E-state index in [0.29, 0.717) is 19.7 Å². The van der Waals surface area contributed by atoms with Gasteiger partial charge in [0.05, 0.1) is 63.8 Å². The molecule has 15 aromatic rings. The number of hydrogen-bond donors (Lipinski definition) is 0. The monoisotopic (exact) mass is 1390 g/mol. The fourth-order valence-electron chi connectivity index (χ4n) is 12.1. The zero-order valence-electron chi connectivity index (χ0n) is 52.8. The Hall–Kier alpha value is -9.84. The summed E-state index contributed by atoms with van der Waals surface area (Å²) in [6.45, 7) is 3.17. The van der Waals surface area contributed by atoms with Gasteiger partial charge in [-0.3, -0.25) is 29.9 Å². The fourth-order valence-corrected chi connectivity index (χ4v) is 13.9. The predicted octanol–water partition coefficient (Wildman–Crippen LogP) is 19.3. The summed E-state index contributed by atoms with van der Waals surface area (Å²) in [5, 5.41) is 10.9. The molecule has 6 heterocycles. The predicted molar refractivity (Wildman–Crippen MR) is 384 cm³/mol. The quantitative estimate of drug-likeness (QED) is 0.0200. The first-order valence-corrected chi connectivity index (χ1v) is 33.4. The molecule has 0 amide bonds. The third-order valence-corrected chi connectivity index (χ3v) is 19.2. The van der Waals surface area contributed by atoms with Gasteiger partial charge in [0.15, 0.2) is 0 Å². The van der Waals surface area contributed by atoms with Gasteiger partial charge in [0, 0.05) is 114 Å². The fraction of sp³-hybridized carbons (Fsp3) is 0.100. The molecule has 0 saturated heterocycles. The molecule has 0 bridgehead atoms. The number of pyridine rings is 6. The van der Waals surface area contributed by atoms with Gasteiger partial charge >= 0.3 is 0 Å². The Morgan fingerprint density at radius 3 is 0.938 bits per heavy atom. The van der Waals surface area contributed by atoms with E-state index in [0.717, 1.165) is 117 Å². The summed E-state index contributed by atoms with van der Waals surface area (Å²) in [7, 11) is -0.698. The van der Waals surface area contributed by atoms with Crippen molar-refractivity contribution in [2.75, 3.05) is 33.9 Å². The maximum atomic E-state index is 13.4. The minimum Gasteiger partial charge on any atom is -0.383 e. The zero-order chi connectivity index (χ0) is 64.9. The van der Waals surface area contributed by atoms with Gasteiger partial charge in [0.2, 0.25) is 10.0 Å². The maximum Gasteiger partial charge on any atom is 0.243 e. The molecule has 0 radical (unpaired) electrons. The molecule has 0 aliphatic rings. The summed E-state index contributed by atoms with van der Waals surface area (Å²) < 4.78 is 38.4. The second kappa shape index (κ2) is 31.1. The number of unbranched alkanes of at least 4 members (excludes halogenated alkanes) is 1. The smallest absolute Gasteiger partial charge is 0.243 e. The molecule has 15 rings (SSSR count). The summed E-state index contributed by atoms with van der Waals surface area (Å²) in [4.78, 5) is 33.6. The molecule has 0 N–H and O–H groups in total. The maximum absolute atomic E-state index is 13.4. The van der Waals surface area contributed by atoms with Crippen molar-refractivity contribution < 1.29 is 46.9 Å². The van der Waals surface area contributed by atoms with E-state index in [1.807, 2.05) is 111 Å². The third kappa shape index (κ3) is 14.2. The average molecular weight is 1390 g/mol. The Kier molecular flexibility index (Phi) is 21.5. The van der Waals surface area contributed by atoms with Crippen molar-refractivity contribution in [3.63, 3.8) is 0 Å². The van der Waals surface area contributed by atoms with Gasteiger partial charge in [-0.25, -0.2) is 13.3 Å². The van der Waals surface area contributed by atoms with Crippen molar-refractivity contribution in [2.24, 2.45) is 0 Å². The van der Waals surface area contributed by atoms with E-state index in [1.54, 1.807) is 31.6 Å². The van der Waals surface area contributed by atoms with Crippen molar-refractivity contribution >= 4 is 87.5 Å². The minimum atomic E-state index is -3.64. The molecule has 96 heavy (non-hydrogen) atoms. The van der Waals surface area contributed by atoms with Crippen LogP contribution in [0.3, 0.4) is 0 Å². The van der Waals surface area contributed by atoms with E-state index in [2.05, 4.69) is 182 Å². The summed E-state index contributed by atoms with van der Waals surface area (Å²) >= 11 is 1.05. The van der Waals surface area contributed by atoms with Gasteiger partial charge in [0.1, 0.15) is 0 Å². The Labute approximate surface area is 574 Å². The molecule has 0 saturated carbocycles.